The lowest BCUT2D eigenvalue weighted by Gasteiger charge is -2.16. The first kappa shape index (κ1) is 18.3. The highest BCUT2D eigenvalue weighted by molar-refractivity contribution is 6.15. The van der Waals surface area contributed by atoms with Gasteiger partial charge in [-0.3, -0.25) is 4.79 Å². The average molecular weight is 372 g/mol. The van der Waals surface area contributed by atoms with Crippen LogP contribution in [0.3, 0.4) is 0 Å². The van der Waals surface area contributed by atoms with Crippen molar-refractivity contribution >= 4 is 21.7 Å². The van der Waals surface area contributed by atoms with Crippen molar-refractivity contribution < 1.29 is 5.11 Å². The summed E-state index contributed by atoms with van der Waals surface area (Å²) in [6, 6.07) is 15.6. The molecule has 4 heteroatoms. The summed E-state index contributed by atoms with van der Waals surface area (Å²) in [4.78, 5) is 15.6. The summed E-state index contributed by atoms with van der Waals surface area (Å²) >= 11 is 0. The fraction of sp³-hybridized carbons (Fsp3) is 0.208. The van der Waals surface area contributed by atoms with Gasteiger partial charge < -0.3 is 15.8 Å². The Kier molecular flexibility index (Phi) is 4.44. The number of H-pyrrole nitrogens is 1. The summed E-state index contributed by atoms with van der Waals surface area (Å²) in [5, 5.41) is 13.2. The minimum atomic E-state index is -0.116. The fourth-order valence-electron chi connectivity index (χ4n) is 3.88. The minimum Gasteiger partial charge on any atom is -0.507 e. The van der Waals surface area contributed by atoms with Gasteiger partial charge in [0.2, 0.25) is 0 Å². The molecule has 4 aromatic rings. The Morgan fingerprint density at radius 2 is 1.75 bits per heavy atom. The lowest BCUT2D eigenvalue weighted by Crippen LogP contribution is -2.09. The van der Waals surface area contributed by atoms with Crippen molar-refractivity contribution in [2.24, 2.45) is 5.73 Å². The zero-order chi connectivity index (χ0) is 20.0. The number of nitrogens with one attached hydrogen (secondary N) is 1. The molecule has 0 aliphatic carbocycles. The number of aryl methyl sites for hydroxylation is 2. The molecule has 0 saturated carbocycles. The monoisotopic (exact) mass is 372 g/mol. The number of phenolic OH excluding ortho intramolecular Hbond substituents is 1. The molecular formula is C24H24N2O2. The van der Waals surface area contributed by atoms with E-state index in [1.807, 2.05) is 44.2 Å². The summed E-state index contributed by atoms with van der Waals surface area (Å²) in [6.45, 7) is 6.58. The maximum Gasteiger partial charge on any atom is 0.256 e. The van der Waals surface area contributed by atoms with E-state index in [1.165, 1.54) is 0 Å². The largest absolute Gasteiger partial charge is 0.507 e. The van der Waals surface area contributed by atoms with Gasteiger partial charge in [-0.25, -0.2) is 0 Å². The molecule has 4 rings (SSSR count). The van der Waals surface area contributed by atoms with E-state index in [1.54, 1.807) is 6.07 Å². The van der Waals surface area contributed by atoms with Gasteiger partial charge in [-0.15, -0.1) is 0 Å². The van der Waals surface area contributed by atoms with Crippen molar-refractivity contribution in [3.8, 4) is 16.9 Å². The molecule has 1 aromatic heterocycles. The van der Waals surface area contributed by atoms with Crippen LogP contribution in [0.2, 0.25) is 0 Å². The van der Waals surface area contributed by atoms with Crippen molar-refractivity contribution in [2.75, 3.05) is 6.54 Å². The van der Waals surface area contributed by atoms with E-state index in [2.05, 4.69) is 24.0 Å². The Hall–Kier alpha value is -3.11. The second-order valence-electron chi connectivity index (χ2n) is 7.60. The first-order valence-electron chi connectivity index (χ1n) is 9.50. The fourth-order valence-corrected chi connectivity index (χ4v) is 3.88. The van der Waals surface area contributed by atoms with Crippen molar-refractivity contribution in [1.82, 2.24) is 4.98 Å². The first-order valence-corrected chi connectivity index (χ1v) is 9.50. The number of benzene rings is 3. The lowest BCUT2D eigenvalue weighted by atomic mass is 9.91. The van der Waals surface area contributed by atoms with Crippen LogP contribution in [0.1, 0.15) is 29.5 Å². The molecule has 28 heavy (non-hydrogen) atoms. The summed E-state index contributed by atoms with van der Waals surface area (Å²) in [5.74, 6) is 0.483. The highest BCUT2D eigenvalue weighted by Gasteiger charge is 2.17. The standard InChI is InChI=1S/C24H24N2O2/c1-13-4-9-18-19(10-13)22-21(17-7-5-16(6-8-17)15(3)12-25)20(27)11-14(2)23(22)26-24(18)28/h4-11,15,27H,12,25H2,1-3H3,(H,26,28)/t15-/m0/s1. The number of phenols is 1. The van der Waals surface area contributed by atoms with E-state index in [0.717, 1.165) is 44.1 Å². The topological polar surface area (TPSA) is 79.1 Å². The van der Waals surface area contributed by atoms with Crippen LogP contribution in [0.5, 0.6) is 5.75 Å². The Morgan fingerprint density at radius 1 is 1.04 bits per heavy atom. The molecule has 0 amide bonds. The smallest absolute Gasteiger partial charge is 0.256 e. The van der Waals surface area contributed by atoms with Gasteiger partial charge in [-0.1, -0.05) is 48.9 Å². The molecule has 0 aliphatic rings. The molecule has 142 valence electrons. The van der Waals surface area contributed by atoms with Crippen molar-refractivity contribution in [2.45, 2.75) is 26.7 Å². The number of hydrogen-bond acceptors (Lipinski definition) is 3. The predicted octanol–water partition coefficient (Wildman–Crippen LogP) is 4.73. The summed E-state index contributed by atoms with van der Waals surface area (Å²) < 4.78 is 0. The number of hydrogen-bond donors (Lipinski definition) is 3. The van der Waals surface area contributed by atoms with Gasteiger partial charge in [0.15, 0.2) is 0 Å². The summed E-state index contributed by atoms with van der Waals surface area (Å²) in [7, 11) is 0. The quantitative estimate of drug-likeness (QED) is 0.455. The van der Waals surface area contributed by atoms with E-state index < -0.39 is 0 Å². The third kappa shape index (κ3) is 2.86. The molecule has 0 unspecified atom stereocenters. The maximum absolute atomic E-state index is 12.6. The third-order valence-corrected chi connectivity index (χ3v) is 5.55. The predicted molar refractivity (Wildman–Crippen MR) is 116 cm³/mol. The van der Waals surface area contributed by atoms with E-state index in [-0.39, 0.29) is 17.2 Å². The van der Waals surface area contributed by atoms with Crippen LogP contribution >= 0.6 is 0 Å². The first-order chi connectivity index (χ1) is 13.4. The highest BCUT2D eigenvalue weighted by atomic mass is 16.3. The van der Waals surface area contributed by atoms with E-state index in [0.29, 0.717) is 11.9 Å². The van der Waals surface area contributed by atoms with Gasteiger partial charge >= 0.3 is 0 Å². The van der Waals surface area contributed by atoms with Gasteiger partial charge in [0.05, 0.1) is 5.52 Å². The molecule has 4 nitrogen and oxygen atoms in total. The number of nitrogens with two attached hydrogens (primary N) is 1. The second-order valence-corrected chi connectivity index (χ2v) is 7.60. The number of aromatic hydroxyl groups is 1. The third-order valence-electron chi connectivity index (χ3n) is 5.55. The van der Waals surface area contributed by atoms with Gasteiger partial charge in [0.1, 0.15) is 5.75 Å². The van der Waals surface area contributed by atoms with Crippen LogP contribution in [-0.2, 0) is 0 Å². The highest BCUT2D eigenvalue weighted by Crippen LogP contribution is 2.40. The normalized spacial score (nSPS) is 12.6. The van der Waals surface area contributed by atoms with Crippen LogP contribution in [-0.4, -0.2) is 16.6 Å². The molecule has 0 bridgehead atoms. The Balaban J connectivity index is 2.11. The number of aromatic amines is 1. The summed E-state index contributed by atoms with van der Waals surface area (Å²) in [6.07, 6.45) is 0. The second kappa shape index (κ2) is 6.80. The Morgan fingerprint density at radius 3 is 2.43 bits per heavy atom. The molecule has 0 aliphatic heterocycles. The average Bonchev–Trinajstić information content (AvgIpc) is 2.68. The molecule has 4 N–H and O–H groups in total. The zero-order valence-electron chi connectivity index (χ0n) is 16.3. The van der Waals surface area contributed by atoms with Crippen molar-refractivity contribution in [1.29, 1.82) is 0 Å². The van der Waals surface area contributed by atoms with Crippen molar-refractivity contribution in [3.63, 3.8) is 0 Å². The summed E-state index contributed by atoms with van der Waals surface area (Å²) in [5.41, 5.74) is 11.1. The number of pyridine rings is 1. The Bertz CT molecular complexity index is 1250. The number of rotatable bonds is 3. The van der Waals surface area contributed by atoms with Crippen molar-refractivity contribution in [3.05, 3.63) is 75.6 Å². The lowest BCUT2D eigenvalue weighted by molar-refractivity contribution is 0.477. The van der Waals surface area contributed by atoms with E-state index >= 15 is 0 Å². The molecular weight excluding hydrogens is 348 g/mol. The molecule has 3 aromatic carbocycles. The van der Waals surface area contributed by atoms with Crippen LogP contribution < -0.4 is 11.3 Å². The van der Waals surface area contributed by atoms with Gasteiger partial charge in [0.25, 0.3) is 5.56 Å². The van der Waals surface area contributed by atoms with Crippen LogP contribution in [0.4, 0.5) is 0 Å². The molecule has 0 saturated heterocycles. The SMILES string of the molecule is Cc1ccc2c(=O)[nH]c3c(C)cc(O)c(-c4ccc([C@@H](C)CN)cc4)c3c2c1. The van der Waals surface area contributed by atoms with E-state index in [4.69, 9.17) is 5.73 Å². The van der Waals surface area contributed by atoms with Crippen LogP contribution in [0.25, 0.3) is 32.8 Å². The Labute approximate surface area is 163 Å². The van der Waals surface area contributed by atoms with Gasteiger partial charge in [-0.05, 0) is 60.5 Å². The van der Waals surface area contributed by atoms with Crippen LogP contribution in [0, 0.1) is 13.8 Å². The molecule has 0 spiro atoms. The molecule has 1 atom stereocenters. The minimum absolute atomic E-state index is 0.116. The number of fused-ring (bicyclic) bond motifs is 3. The number of aromatic nitrogens is 1. The van der Waals surface area contributed by atoms with Crippen LogP contribution in [0.15, 0.2) is 53.3 Å². The zero-order valence-corrected chi connectivity index (χ0v) is 16.3. The van der Waals surface area contributed by atoms with Gasteiger partial charge in [-0.2, -0.15) is 0 Å². The maximum atomic E-state index is 12.6. The van der Waals surface area contributed by atoms with E-state index in [9.17, 15) is 9.90 Å². The van der Waals surface area contributed by atoms with Gasteiger partial charge in [0, 0.05) is 16.3 Å². The molecule has 1 heterocycles. The molecule has 0 radical (unpaired) electrons. The molecule has 0 fully saturated rings.